The van der Waals surface area contributed by atoms with Gasteiger partial charge in [0.1, 0.15) is 0 Å². The van der Waals surface area contributed by atoms with Crippen molar-refractivity contribution in [3.05, 3.63) is 75.9 Å². The summed E-state index contributed by atoms with van der Waals surface area (Å²) in [6, 6.07) is 14.3. The molecule has 2 aromatic carbocycles. The summed E-state index contributed by atoms with van der Waals surface area (Å²) in [5.41, 5.74) is 6.56. The van der Waals surface area contributed by atoms with Crippen molar-refractivity contribution < 1.29 is 4.79 Å². The molecule has 0 amide bonds. The molecule has 0 bridgehead atoms. The van der Waals surface area contributed by atoms with Crippen molar-refractivity contribution in [2.24, 2.45) is 0 Å². The molecule has 20 heavy (non-hydrogen) atoms. The number of allylic oxidation sites excluding steroid dienone is 1. The third-order valence-electron chi connectivity index (χ3n) is 3.94. The van der Waals surface area contributed by atoms with Crippen LogP contribution in [-0.4, -0.2) is 5.78 Å². The highest BCUT2D eigenvalue weighted by Crippen LogP contribution is 2.29. The second-order valence-electron chi connectivity index (χ2n) is 5.52. The molecule has 0 fully saturated rings. The molecule has 0 spiro atoms. The number of benzene rings is 2. The van der Waals surface area contributed by atoms with Gasteiger partial charge in [-0.2, -0.15) is 0 Å². The molecular formula is C19H18O. The van der Waals surface area contributed by atoms with Gasteiger partial charge < -0.3 is 0 Å². The van der Waals surface area contributed by atoms with Gasteiger partial charge in [0.2, 0.25) is 0 Å². The van der Waals surface area contributed by atoms with Crippen LogP contribution in [0.3, 0.4) is 0 Å². The molecule has 0 N–H and O–H groups in total. The Morgan fingerprint density at radius 3 is 2.50 bits per heavy atom. The van der Waals surface area contributed by atoms with E-state index in [4.69, 9.17) is 0 Å². The van der Waals surface area contributed by atoms with E-state index in [9.17, 15) is 4.79 Å². The fourth-order valence-corrected chi connectivity index (χ4v) is 2.97. The molecule has 1 aliphatic rings. The Balaban J connectivity index is 2.03. The van der Waals surface area contributed by atoms with E-state index in [-0.39, 0.29) is 5.78 Å². The van der Waals surface area contributed by atoms with Crippen LogP contribution in [0.1, 0.15) is 39.0 Å². The summed E-state index contributed by atoms with van der Waals surface area (Å²) >= 11 is 0. The number of rotatable bonds is 1. The lowest BCUT2D eigenvalue weighted by Crippen LogP contribution is -2.15. The first-order valence-electron chi connectivity index (χ1n) is 7.05. The molecule has 0 unspecified atom stereocenters. The van der Waals surface area contributed by atoms with Crippen molar-refractivity contribution in [2.75, 3.05) is 0 Å². The summed E-state index contributed by atoms with van der Waals surface area (Å²) in [4.78, 5) is 12.7. The summed E-state index contributed by atoms with van der Waals surface area (Å²) in [7, 11) is 0. The Morgan fingerprint density at radius 2 is 1.75 bits per heavy atom. The standard InChI is InChI=1S/C19H18O/c1-13-10-14(2)17-9-8-16(19(20)18(17)11-13)12-15-6-4-3-5-7-15/h3-7,10-12H,8-9H2,1-2H3/b16-12+. The van der Waals surface area contributed by atoms with Crippen LogP contribution in [-0.2, 0) is 6.42 Å². The Bertz CT molecular complexity index is 693. The van der Waals surface area contributed by atoms with Crippen LogP contribution in [0.2, 0.25) is 0 Å². The molecule has 0 saturated carbocycles. The number of aryl methyl sites for hydroxylation is 2. The fraction of sp³-hybridized carbons (Fsp3) is 0.211. The van der Waals surface area contributed by atoms with Crippen LogP contribution in [0.25, 0.3) is 6.08 Å². The van der Waals surface area contributed by atoms with Crippen molar-refractivity contribution in [3.8, 4) is 0 Å². The number of Topliss-reactive ketones (excluding diaryl/α,β-unsaturated/α-hetero) is 1. The first-order valence-corrected chi connectivity index (χ1v) is 7.05. The zero-order valence-corrected chi connectivity index (χ0v) is 11.9. The van der Waals surface area contributed by atoms with Crippen LogP contribution in [0, 0.1) is 13.8 Å². The Kier molecular flexibility index (Phi) is 3.27. The number of hydrogen-bond donors (Lipinski definition) is 0. The highest BCUT2D eigenvalue weighted by Gasteiger charge is 2.23. The SMILES string of the molecule is Cc1cc(C)c2c(c1)C(=O)/C(=C/c1ccccc1)CC2. The van der Waals surface area contributed by atoms with E-state index in [1.54, 1.807) is 0 Å². The van der Waals surface area contributed by atoms with Crippen molar-refractivity contribution in [2.45, 2.75) is 26.7 Å². The summed E-state index contributed by atoms with van der Waals surface area (Å²) in [6.07, 6.45) is 3.83. The van der Waals surface area contributed by atoms with Crippen LogP contribution >= 0.6 is 0 Å². The van der Waals surface area contributed by atoms with Crippen LogP contribution < -0.4 is 0 Å². The third-order valence-corrected chi connectivity index (χ3v) is 3.94. The van der Waals surface area contributed by atoms with Gasteiger partial charge in [-0.1, -0.05) is 42.0 Å². The summed E-state index contributed by atoms with van der Waals surface area (Å²) in [5, 5.41) is 0. The summed E-state index contributed by atoms with van der Waals surface area (Å²) < 4.78 is 0. The van der Waals surface area contributed by atoms with E-state index in [1.807, 2.05) is 42.5 Å². The van der Waals surface area contributed by atoms with Crippen LogP contribution in [0.4, 0.5) is 0 Å². The van der Waals surface area contributed by atoms with Crippen molar-refractivity contribution in [1.82, 2.24) is 0 Å². The van der Waals surface area contributed by atoms with Gasteiger partial charge in [0.15, 0.2) is 5.78 Å². The van der Waals surface area contributed by atoms with E-state index in [0.29, 0.717) is 0 Å². The highest BCUT2D eigenvalue weighted by atomic mass is 16.1. The topological polar surface area (TPSA) is 17.1 Å². The maximum Gasteiger partial charge on any atom is 0.189 e. The van der Waals surface area contributed by atoms with Crippen LogP contribution in [0.5, 0.6) is 0 Å². The van der Waals surface area contributed by atoms with E-state index >= 15 is 0 Å². The summed E-state index contributed by atoms with van der Waals surface area (Å²) in [6.45, 7) is 4.15. The second kappa shape index (κ2) is 5.09. The van der Waals surface area contributed by atoms with Crippen LogP contribution in [0.15, 0.2) is 48.0 Å². The van der Waals surface area contributed by atoms with Gasteiger partial charge in [-0.25, -0.2) is 0 Å². The Morgan fingerprint density at radius 1 is 1.00 bits per heavy atom. The molecule has 100 valence electrons. The molecule has 0 heterocycles. The van der Waals surface area contributed by atoms with Crippen molar-refractivity contribution in [3.63, 3.8) is 0 Å². The molecule has 3 rings (SSSR count). The minimum Gasteiger partial charge on any atom is -0.289 e. The minimum atomic E-state index is 0.196. The van der Waals surface area contributed by atoms with Gasteiger partial charge in [0.05, 0.1) is 0 Å². The maximum atomic E-state index is 12.7. The average Bonchev–Trinajstić information content (AvgIpc) is 2.43. The quantitative estimate of drug-likeness (QED) is 0.691. The van der Waals surface area contributed by atoms with Gasteiger partial charge >= 0.3 is 0 Å². The molecule has 1 heteroatoms. The lowest BCUT2D eigenvalue weighted by molar-refractivity contribution is 0.102. The van der Waals surface area contributed by atoms with Gasteiger partial charge in [0.25, 0.3) is 0 Å². The molecule has 0 atom stereocenters. The number of hydrogen-bond acceptors (Lipinski definition) is 1. The molecular weight excluding hydrogens is 244 g/mol. The molecule has 0 aliphatic heterocycles. The normalized spacial score (nSPS) is 16.3. The predicted molar refractivity (Wildman–Crippen MR) is 83.0 cm³/mol. The van der Waals surface area contributed by atoms with Gasteiger partial charge in [-0.15, -0.1) is 0 Å². The molecule has 0 saturated heterocycles. The molecule has 1 nitrogen and oxygen atoms in total. The van der Waals surface area contributed by atoms with Gasteiger partial charge in [0, 0.05) is 11.1 Å². The zero-order valence-electron chi connectivity index (χ0n) is 11.9. The van der Waals surface area contributed by atoms with E-state index < -0.39 is 0 Å². The maximum absolute atomic E-state index is 12.7. The fourth-order valence-electron chi connectivity index (χ4n) is 2.97. The number of carbonyl (C=O) groups is 1. The number of fused-ring (bicyclic) bond motifs is 1. The first-order chi connectivity index (χ1) is 9.65. The average molecular weight is 262 g/mol. The predicted octanol–water partition coefficient (Wildman–Crippen LogP) is 4.52. The van der Waals surface area contributed by atoms with E-state index in [0.717, 1.165) is 35.1 Å². The molecule has 0 radical (unpaired) electrons. The van der Waals surface area contributed by atoms with Gasteiger partial charge in [-0.05, 0) is 55.5 Å². The highest BCUT2D eigenvalue weighted by molar-refractivity contribution is 6.13. The van der Waals surface area contributed by atoms with Crippen molar-refractivity contribution >= 4 is 11.9 Å². The van der Waals surface area contributed by atoms with E-state index in [1.165, 1.54) is 11.1 Å². The molecule has 0 aromatic heterocycles. The number of carbonyl (C=O) groups excluding carboxylic acids is 1. The lowest BCUT2D eigenvalue weighted by Gasteiger charge is -2.20. The lowest BCUT2D eigenvalue weighted by atomic mass is 9.83. The zero-order chi connectivity index (χ0) is 14.1. The van der Waals surface area contributed by atoms with Crippen molar-refractivity contribution in [1.29, 1.82) is 0 Å². The largest absolute Gasteiger partial charge is 0.289 e. The smallest absolute Gasteiger partial charge is 0.189 e. The minimum absolute atomic E-state index is 0.196. The Labute approximate surface area is 120 Å². The second-order valence-corrected chi connectivity index (χ2v) is 5.52. The monoisotopic (exact) mass is 262 g/mol. The van der Waals surface area contributed by atoms with E-state index in [2.05, 4.69) is 19.9 Å². The molecule has 1 aliphatic carbocycles. The first kappa shape index (κ1) is 12.9. The third kappa shape index (κ3) is 2.32. The Hall–Kier alpha value is -2.15. The number of ketones is 1. The molecule has 2 aromatic rings. The summed E-state index contributed by atoms with van der Waals surface area (Å²) in [5.74, 6) is 0.196. The van der Waals surface area contributed by atoms with Gasteiger partial charge in [-0.3, -0.25) is 4.79 Å².